The molecule has 2 atom stereocenters. The van der Waals surface area contributed by atoms with Gasteiger partial charge in [-0.25, -0.2) is 0 Å². The Balaban J connectivity index is 2.66. The molecule has 90 valence electrons. The Bertz CT molecular complexity index is 284. The second-order valence-electron chi connectivity index (χ2n) is 4.52. The van der Waals surface area contributed by atoms with Crippen molar-refractivity contribution in [1.82, 2.24) is 4.90 Å². The summed E-state index contributed by atoms with van der Waals surface area (Å²) in [4.78, 5) is 2.48. The van der Waals surface area contributed by atoms with Crippen LogP contribution in [0.3, 0.4) is 0 Å². The molecule has 1 aromatic carbocycles. The van der Waals surface area contributed by atoms with Crippen molar-refractivity contribution in [3.8, 4) is 0 Å². The van der Waals surface area contributed by atoms with E-state index >= 15 is 0 Å². The molecule has 2 unspecified atom stereocenters. The zero-order valence-corrected chi connectivity index (χ0v) is 10.7. The van der Waals surface area contributed by atoms with Crippen LogP contribution in [0.15, 0.2) is 30.3 Å². The smallest absolute Gasteiger partial charge is 0.0319 e. The molecule has 0 aliphatic heterocycles. The molecule has 0 fully saturated rings. The number of hydrogen-bond donors (Lipinski definition) is 1. The van der Waals surface area contributed by atoms with Crippen LogP contribution in [0.4, 0.5) is 0 Å². The van der Waals surface area contributed by atoms with E-state index in [1.807, 2.05) is 0 Å². The summed E-state index contributed by atoms with van der Waals surface area (Å²) in [6.45, 7) is 9.59. The number of rotatable bonds is 6. The van der Waals surface area contributed by atoms with E-state index in [1.165, 1.54) is 5.56 Å². The normalized spacial score (nSPS) is 15.1. The zero-order chi connectivity index (χ0) is 12.0. The van der Waals surface area contributed by atoms with Gasteiger partial charge in [0.15, 0.2) is 0 Å². The highest BCUT2D eigenvalue weighted by Gasteiger charge is 2.15. The van der Waals surface area contributed by atoms with Gasteiger partial charge in [0, 0.05) is 12.6 Å². The van der Waals surface area contributed by atoms with E-state index in [9.17, 15) is 0 Å². The molecular formula is C14H24N2. The lowest BCUT2D eigenvalue weighted by Crippen LogP contribution is -2.33. The van der Waals surface area contributed by atoms with Gasteiger partial charge in [-0.2, -0.15) is 0 Å². The summed E-state index contributed by atoms with van der Waals surface area (Å²) in [6.07, 6.45) is 0. The van der Waals surface area contributed by atoms with Crippen LogP contribution < -0.4 is 5.73 Å². The predicted octanol–water partition coefficient (Wildman–Crippen LogP) is 2.66. The van der Waals surface area contributed by atoms with Gasteiger partial charge in [0.05, 0.1) is 0 Å². The van der Waals surface area contributed by atoms with Crippen molar-refractivity contribution in [1.29, 1.82) is 0 Å². The van der Waals surface area contributed by atoms with Gasteiger partial charge >= 0.3 is 0 Å². The molecule has 0 heterocycles. The SMILES string of the molecule is CCN(CC(C)CN)C(C)c1ccccc1. The average molecular weight is 220 g/mol. The van der Waals surface area contributed by atoms with E-state index < -0.39 is 0 Å². The average Bonchev–Trinajstić information content (AvgIpc) is 2.35. The molecule has 0 amide bonds. The minimum atomic E-state index is 0.472. The molecular weight excluding hydrogens is 196 g/mol. The maximum Gasteiger partial charge on any atom is 0.0319 e. The molecule has 2 heteroatoms. The first kappa shape index (κ1) is 13.2. The van der Waals surface area contributed by atoms with Gasteiger partial charge in [0.1, 0.15) is 0 Å². The monoisotopic (exact) mass is 220 g/mol. The fraction of sp³-hybridized carbons (Fsp3) is 0.571. The van der Waals surface area contributed by atoms with Crippen LogP contribution in [-0.2, 0) is 0 Å². The lowest BCUT2D eigenvalue weighted by Gasteiger charge is -2.30. The van der Waals surface area contributed by atoms with Crippen LogP contribution in [0.5, 0.6) is 0 Å². The number of benzene rings is 1. The quantitative estimate of drug-likeness (QED) is 0.798. The third-order valence-corrected chi connectivity index (χ3v) is 3.18. The summed E-state index contributed by atoms with van der Waals surface area (Å²) in [7, 11) is 0. The summed E-state index contributed by atoms with van der Waals surface area (Å²) in [5.41, 5.74) is 7.07. The van der Waals surface area contributed by atoms with Gasteiger partial charge in [-0.05, 0) is 31.5 Å². The molecule has 1 rings (SSSR count). The van der Waals surface area contributed by atoms with Crippen molar-refractivity contribution in [3.05, 3.63) is 35.9 Å². The summed E-state index contributed by atoms with van der Waals surface area (Å²) in [6, 6.07) is 11.1. The van der Waals surface area contributed by atoms with Crippen LogP contribution in [0.2, 0.25) is 0 Å². The van der Waals surface area contributed by atoms with E-state index in [4.69, 9.17) is 5.73 Å². The first-order valence-corrected chi connectivity index (χ1v) is 6.18. The summed E-state index contributed by atoms with van der Waals surface area (Å²) in [5, 5.41) is 0. The minimum absolute atomic E-state index is 0.472. The van der Waals surface area contributed by atoms with E-state index in [0.717, 1.165) is 19.6 Å². The van der Waals surface area contributed by atoms with Gasteiger partial charge in [-0.3, -0.25) is 4.90 Å². The summed E-state index contributed by atoms with van der Waals surface area (Å²) < 4.78 is 0. The fourth-order valence-corrected chi connectivity index (χ4v) is 1.98. The van der Waals surface area contributed by atoms with Crippen molar-refractivity contribution in [2.75, 3.05) is 19.6 Å². The molecule has 0 aliphatic carbocycles. The lowest BCUT2D eigenvalue weighted by molar-refractivity contribution is 0.194. The highest BCUT2D eigenvalue weighted by molar-refractivity contribution is 5.18. The fourth-order valence-electron chi connectivity index (χ4n) is 1.98. The number of nitrogens with two attached hydrogens (primary N) is 1. The van der Waals surface area contributed by atoms with Crippen molar-refractivity contribution in [2.24, 2.45) is 11.7 Å². The molecule has 16 heavy (non-hydrogen) atoms. The zero-order valence-electron chi connectivity index (χ0n) is 10.7. The van der Waals surface area contributed by atoms with Crippen LogP contribution in [0.25, 0.3) is 0 Å². The Morgan fingerprint density at radius 3 is 2.31 bits per heavy atom. The standard InChI is InChI=1S/C14H24N2/c1-4-16(11-12(2)10-15)13(3)14-8-6-5-7-9-14/h5-9,12-13H,4,10-11,15H2,1-3H3. The summed E-state index contributed by atoms with van der Waals surface area (Å²) >= 11 is 0. The van der Waals surface area contributed by atoms with Crippen LogP contribution in [0, 0.1) is 5.92 Å². The third-order valence-electron chi connectivity index (χ3n) is 3.18. The molecule has 0 radical (unpaired) electrons. The summed E-state index contributed by atoms with van der Waals surface area (Å²) in [5.74, 6) is 0.561. The van der Waals surface area contributed by atoms with Crippen molar-refractivity contribution < 1.29 is 0 Å². The molecule has 0 aromatic heterocycles. The third kappa shape index (κ3) is 3.62. The maximum absolute atomic E-state index is 5.69. The van der Waals surface area contributed by atoms with Crippen LogP contribution >= 0.6 is 0 Å². The van der Waals surface area contributed by atoms with E-state index in [2.05, 4.69) is 56.0 Å². The van der Waals surface area contributed by atoms with Crippen molar-refractivity contribution in [2.45, 2.75) is 26.8 Å². The Labute approximate surface area is 99.5 Å². The van der Waals surface area contributed by atoms with Gasteiger partial charge in [0.2, 0.25) is 0 Å². The number of nitrogens with zero attached hydrogens (tertiary/aromatic N) is 1. The Hall–Kier alpha value is -0.860. The number of hydrogen-bond acceptors (Lipinski definition) is 2. The van der Waals surface area contributed by atoms with Crippen molar-refractivity contribution >= 4 is 0 Å². The van der Waals surface area contributed by atoms with Gasteiger partial charge < -0.3 is 5.73 Å². The molecule has 0 aliphatic rings. The largest absolute Gasteiger partial charge is 0.330 e. The Kier molecular flexibility index (Phi) is 5.50. The molecule has 2 N–H and O–H groups in total. The predicted molar refractivity (Wildman–Crippen MR) is 70.3 cm³/mol. The second kappa shape index (κ2) is 6.66. The van der Waals surface area contributed by atoms with E-state index in [1.54, 1.807) is 0 Å². The molecule has 0 spiro atoms. The van der Waals surface area contributed by atoms with Gasteiger partial charge in [0.25, 0.3) is 0 Å². The molecule has 0 saturated carbocycles. The lowest BCUT2D eigenvalue weighted by atomic mass is 10.0. The first-order chi connectivity index (χ1) is 7.69. The first-order valence-electron chi connectivity index (χ1n) is 6.18. The highest BCUT2D eigenvalue weighted by atomic mass is 15.1. The highest BCUT2D eigenvalue weighted by Crippen LogP contribution is 2.20. The van der Waals surface area contributed by atoms with Gasteiger partial charge in [-0.15, -0.1) is 0 Å². The Morgan fingerprint density at radius 2 is 1.81 bits per heavy atom. The molecule has 1 aromatic rings. The van der Waals surface area contributed by atoms with Crippen LogP contribution in [-0.4, -0.2) is 24.5 Å². The van der Waals surface area contributed by atoms with Crippen LogP contribution in [0.1, 0.15) is 32.4 Å². The Morgan fingerprint density at radius 1 is 1.19 bits per heavy atom. The van der Waals surface area contributed by atoms with Crippen molar-refractivity contribution in [3.63, 3.8) is 0 Å². The molecule has 0 bridgehead atoms. The second-order valence-corrected chi connectivity index (χ2v) is 4.52. The molecule has 0 saturated heterocycles. The van der Waals surface area contributed by atoms with E-state index in [-0.39, 0.29) is 0 Å². The van der Waals surface area contributed by atoms with Gasteiger partial charge in [-0.1, -0.05) is 44.2 Å². The van der Waals surface area contributed by atoms with E-state index in [0.29, 0.717) is 12.0 Å². The topological polar surface area (TPSA) is 29.3 Å². The minimum Gasteiger partial charge on any atom is -0.330 e. The molecule has 2 nitrogen and oxygen atoms in total. The maximum atomic E-state index is 5.69.